The van der Waals surface area contributed by atoms with Gasteiger partial charge >= 0.3 is 5.97 Å². The smallest absolute Gasteiger partial charge is 0.335 e. The number of anilines is 1. The van der Waals surface area contributed by atoms with E-state index in [9.17, 15) is 4.79 Å². The summed E-state index contributed by atoms with van der Waals surface area (Å²) in [6, 6.07) is 13.0. The van der Waals surface area contributed by atoms with Crippen LogP contribution in [0.5, 0.6) is 0 Å². The Morgan fingerprint density at radius 1 is 1.20 bits per heavy atom. The summed E-state index contributed by atoms with van der Waals surface area (Å²) in [7, 11) is 0. The summed E-state index contributed by atoms with van der Waals surface area (Å²) in [5.41, 5.74) is 2.40. The monoisotopic (exact) mass is 378 g/mol. The van der Waals surface area contributed by atoms with Crippen LogP contribution in [0.4, 0.5) is 5.69 Å². The highest BCUT2D eigenvalue weighted by Crippen LogP contribution is 2.30. The van der Waals surface area contributed by atoms with Crippen molar-refractivity contribution in [1.82, 2.24) is 5.32 Å². The molecule has 0 bridgehead atoms. The number of nitrogens with zero attached hydrogens (tertiary/aromatic N) is 1. The van der Waals surface area contributed by atoms with Gasteiger partial charge < -0.3 is 15.3 Å². The lowest BCUT2D eigenvalue weighted by Gasteiger charge is -2.35. The van der Waals surface area contributed by atoms with Crippen molar-refractivity contribution >= 4 is 34.9 Å². The Bertz CT molecular complexity index is 750. The quantitative estimate of drug-likeness (QED) is 0.806. The first kappa shape index (κ1) is 18.1. The van der Waals surface area contributed by atoms with Crippen LogP contribution in [-0.4, -0.2) is 30.2 Å². The Morgan fingerprint density at radius 2 is 1.96 bits per heavy atom. The van der Waals surface area contributed by atoms with Crippen molar-refractivity contribution < 1.29 is 9.90 Å². The highest BCUT2D eigenvalue weighted by Gasteiger charge is 2.21. The molecular weight excluding hydrogens is 359 g/mol. The van der Waals surface area contributed by atoms with Crippen molar-refractivity contribution in [2.75, 3.05) is 18.0 Å². The number of piperidine rings is 1. The Hall–Kier alpha value is -1.75. The molecule has 0 amide bonds. The average molecular weight is 379 g/mol. The van der Waals surface area contributed by atoms with Crippen molar-refractivity contribution in [1.29, 1.82) is 0 Å². The van der Waals surface area contributed by atoms with Gasteiger partial charge in [-0.05, 0) is 48.7 Å². The fraction of sp³-hybridized carbons (Fsp3) is 0.316. The second-order valence-corrected chi connectivity index (χ2v) is 7.11. The first-order valence-electron chi connectivity index (χ1n) is 8.28. The molecule has 2 N–H and O–H groups in total. The Balaban J connectivity index is 1.59. The van der Waals surface area contributed by atoms with Crippen LogP contribution in [0.25, 0.3) is 0 Å². The van der Waals surface area contributed by atoms with Crippen molar-refractivity contribution in [3.8, 4) is 0 Å². The molecule has 0 aromatic heterocycles. The van der Waals surface area contributed by atoms with E-state index in [0.717, 1.165) is 37.2 Å². The Labute approximate surface area is 157 Å². The second-order valence-electron chi connectivity index (χ2n) is 6.26. The van der Waals surface area contributed by atoms with Gasteiger partial charge in [0.1, 0.15) is 0 Å². The zero-order chi connectivity index (χ0) is 17.8. The molecule has 1 heterocycles. The third-order valence-corrected chi connectivity index (χ3v) is 5.01. The number of benzene rings is 2. The molecule has 132 valence electrons. The van der Waals surface area contributed by atoms with Gasteiger partial charge in [-0.1, -0.05) is 35.3 Å². The SMILES string of the molecule is O=C(O)c1ccc(CNC2CCCN(c3ccc(Cl)cc3Cl)C2)cc1. The topological polar surface area (TPSA) is 52.6 Å². The normalized spacial score (nSPS) is 17.5. The molecule has 3 rings (SSSR count). The van der Waals surface area contributed by atoms with E-state index in [4.69, 9.17) is 28.3 Å². The fourth-order valence-electron chi connectivity index (χ4n) is 3.13. The molecule has 6 heteroatoms. The number of carboxylic acids is 1. The molecule has 2 aromatic rings. The summed E-state index contributed by atoms with van der Waals surface area (Å²) in [5.74, 6) is -0.901. The van der Waals surface area contributed by atoms with Crippen molar-refractivity contribution in [2.45, 2.75) is 25.4 Å². The van der Waals surface area contributed by atoms with E-state index >= 15 is 0 Å². The summed E-state index contributed by atoms with van der Waals surface area (Å²) in [6.45, 7) is 2.58. The number of nitrogens with one attached hydrogen (secondary N) is 1. The minimum atomic E-state index is -0.901. The lowest BCUT2D eigenvalue weighted by atomic mass is 10.0. The maximum atomic E-state index is 10.9. The van der Waals surface area contributed by atoms with Gasteiger partial charge in [-0.3, -0.25) is 0 Å². The molecule has 1 atom stereocenters. The van der Waals surface area contributed by atoms with Crippen LogP contribution >= 0.6 is 23.2 Å². The van der Waals surface area contributed by atoms with E-state index in [0.29, 0.717) is 28.2 Å². The van der Waals surface area contributed by atoms with Gasteiger partial charge in [0.2, 0.25) is 0 Å². The maximum Gasteiger partial charge on any atom is 0.335 e. The average Bonchev–Trinajstić information content (AvgIpc) is 2.60. The highest BCUT2D eigenvalue weighted by atomic mass is 35.5. The van der Waals surface area contributed by atoms with Crippen LogP contribution < -0.4 is 10.2 Å². The van der Waals surface area contributed by atoms with Crippen LogP contribution in [0, 0.1) is 0 Å². The molecule has 1 aliphatic rings. The second kappa shape index (κ2) is 8.09. The van der Waals surface area contributed by atoms with Crippen LogP contribution in [0.3, 0.4) is 0 Å². The van der Waals surface area contributed by atoms with Crippen molar-refractivity contribution in [3.05, 3.63) is 63.6 Å². The van der Waals surface area contributed by atoms with Gasteiger partial charge in [0, 0.05) is 30.7 Å². The number of aromatic carboxylic acids is 1. The van der Waals surface area contributed by atoms with Crippen LogP contribution in [-0.2, 0) is 6.54 Å². The zero-order valence-corrected chi connectivity index (χ0v) is 15.2. The highest BCUT2D eigenvalue weighted by molar-refractivity contribution is 6.36. The Kier molecular flexibility index (Phi) is 5.84. The molecule has 0 saturated carbocycles. The molecular formula is C19H20Cl2N2O2. The molecule has 1 unspecified atom stereocenters. The summed E-state index contributed by atoms with van der Waals surface area (Å²) < 4.78 is 0. The van der Waals surface area contributed by atoms with E-state index < -0.39 is 5.97 Å². The first-order valence-corrected chi connectivity index (χ1v) is 9.04. The van der Waals surface area contributed by atoms with E-state index in [1.165, 1.54) is 0 Å². The summed E-state index contributed by atoms with van der Waals surface area (Å²) >= 11 is 12.3. The van der Waals surface area contributed by atoms with E-state index in [2.05, 4.69) is 10.2 Å². The largest absolute Gasteiger partial charge is 0.478 e. The number of carbonyl (C=O) groups is 1. The summed E-state index contributed by atoms with van der Waals surface area (Å²) in [6.07, 6.45) is 2.20. The lowest BCUT2D eigenvalue weighted by Crippen LogP contribution is -2.45. The maximum absolute atomic E-state index is 10.9. The molecule has 0 spiro atoms. The molecule has 25 heavy (non-hydrogen) atoms. The molecule has 0 radical (unpaired) electrons. The molecule has 1 aliphatic heterocycles. The summed E-state index contributed by atoms with van der Waals surface area (Å²) in [4.78, 5) is 13.2. The molecule has 1 saturated heterocycles. The Morgan fingerprint density at radius 3 is 2.64 bits per heavy atom. The van der Waals surface area contributed by atoms with E-state index in [1.807, 2.05) is 24.3 Å². The molecule has 0 aliphatic carbocycles. The predicted octanol–water partition coefficient (Wildman–Crippen LogP) is 4.45. The van der Waals surface area contributed by atoms with E-state index in [-0.39, 0.29) is 0 Å². The standard InChI is InChI=1S/C19H20Cl2N2O2/c20-15-7-8-18(17(21)10-15)23-9-1-2-16(12-23)22-11-13-3-5-14(6-4-13)19(24)25/h3-8,10,16,22H,1-2,9,11-12H2,(H,24,25). The van der Waals surface area contributed by atoms with Gasteiger partial charge in [0.05, 0.1) is 16.3 Å². The van der Waals surface area contributed by atoms with Crippen molar-refractivity contribution in [2.24, 2.45) is 0 Å². The number of hydrogen-bond acceptors (Lipinski definition) is 3. The number of hydrogen-bond donors (Lipinski definition) is 2. The predicted molar refractivity (Wildman–Crippen MR) is 102 cm³/mol. The number of halogens is 2. The van der Waals surface area contributed by atoms with Gasteiger partial charge in [-0.25, -0.2) is 4.79 Å². The molecule has 4 nitrogen and oxygen atoms in total. The van der Waals surface area contributed by atoms with Gasteiger partial charge in [0.25, 0.3) is 0 Å². The summed E-state index contributed by atoms with van der Waals surface area (Å²) in [5, 5.41) is 13.8. The van der Waals surface area contributed by atoms with Gasteiger partial charge in [-0.15, -0.1) is 0 Å². The lowest BCUT2D eigenvalue weighted by molar-refractivity contribution is 0.0697. The zero-order valence-electron chi connectivity index (χ0n) is 13.7. The third kappa shape index (κ3) is 4.66. The number of rotatable bonds is 5. The van der Waals surface area contributed by atoms with Gasteiger partial charge in [-0.2, -0.15) is 0 Å². The number of carboxylic acid groups (broad SMARTS) is 1. The van der Waals surface area contributed by atoms with Crippen LogP contribution in [0.2, 0.25) is 10.0 Å². The van der Waals surface area contributed by atoms with Crippen molar-refractivity contribution in [3.63, 3.8) is 0 Å². The molecule has 1 fully saturated rings. The third-order valence-electron chi connectivity index (χ3n) is 4.47. The molecule has 2 aromatic carbocycles. The fourth-order valence-corrected chi connectivity index (χ4v) is 3.66. The first-order chi connectivity index (χ1) is 12.0. The van der Waals surface area contributed by atoms with E-state index in [1.54, 1.807) is 18.2 Å². The minimum absolute atomic E-state index is 0.310. The minimum Gasteiger partial charge on any atom is -0.478 e. The van der Waals surface area contributed by atoms with Crippen LogP contribution in [0.15, 0.2) is 42.5 Å². The van der Waals surface area contributed by atoms with Crippen LogP contribution in [0.1, 0.15) is 28.8 Å². The van der Waals surface area contributed by atoms with Gasteiger partial charge in [0.15, 0.2) is 0 Å².